The molecule has 0 aliphatic carbocycles. The first-order valence-electron chi connectivity index (χ1n) is 9.48. The van der Waals surface area contributed by atoms with Crippen LogP contribution in [0.1, 0.15) is 56.1 Å². The number of carbonyl (C=O) groups excluding carboxylic acids is 1. The third-order valence-electron chi connectivity index (χ3n) is 3.42. The molecule has 0 aliphatic heterocycles. The Morgan fingerprint density at radius 1 is 0.657 bits per heavy atom. The van der Waals surface area contributed by atoms with Crippen molar-refractivity contribution < 1.29 is 31.4 Å². The summed E-state index contributed by atoms with van der Waals surface area (Å²) in [6, 6.07) is 13.6. The Hall–Kier alpha value is -2.04. The SMILES string of the molecule is C.C.C.C.CCS(C)(=O)=O.Cc1ccc(S(C)(=O)=O)cc1.Cc1ccc(S(C)(=O)=O)cc1.[2H]C(C)=O. The molecule has 2 rings (SSSR count). The maximum Gasteiger partial charge on any atom is 0.175 e. The predicted molar refractivity (Wildman–Crippen MR) is 153 cm³/mol. The summed E-state index contributed by atoms with van der Waals surface area (Å²) >= 11 is 0. The minimum absolute atomic E-state index is 0. The molecule has 10 heteroatoms. The highest BCUT2D eigenvalue weighted by atomic mass is 32.2. The van der Waals surface area contributed by atoms with Gasteiger partial charge in [-0.25, -0.2) is 25.3 Å². The van der Waals surface area contributed by atoms with Crippen molar-refractivity contribution in [3.8, 4) is 0 Å². The summed E-state index contributed by atoms with van der Waals surface area (Å²) < 4.78 is 69.7. The molecule has 0 bridgehead atoms. The summed E-state index contributed by atoms with van der Waals surface area (Å²) in [4.78, 5) is 9.87. The van der Waals surface area contributed by atoms with Gasteiger partial charge in [0.2, 0.25) is 0 Å². The monoisotopic (exact) mass is 557 g/mol. The van der Waals surface area contributed by atoms with Gasteiger partial charge < -0.3 is 4.79 Å². The van der Waals surface area contributed by atoms with Gasteiger partial charge in [0.05, 0.1) is 9.79 Å². The van der Waals surface area contributed by atoms with E-state index < -0.39 is 35.8 Å². The first-order valence-corrected chi connectivity index (χ1v) is 14.8. The van der Waals surface area contributed by atoms with Crippen LogP contribution in [0.3, 0.4) is 0 Å². The van der Waals surface area contributed by atoms with Gasteiger partial charge in [-0.2, -0.15) is 0 Å². The van der Waals surface area contributed by atoms with E-state index in [0.29, 0.717) is 9.79 Å². The summed E-state index contributed by atoms with van der Waals surface area (Å²) in [6.45, 7) is 6.66. The Balaban J connectivity index is -0.0000000855. The lowest BCUT2D eigenvalue weighted by Gasteiger charge is -1.96. The van der Waals surface area contributed by atoms with Gasteiger partial charge in [0, 0.05) is 24.5 Å². The van der Waals surface area contributed by atoms with Crippen LogP contribution in [-0.4, -0.2) is 56.0 Å². The molecule has 0 heterocycles. The molecule has 2 aromatic carbocycles. The maximum absolute atomic E-state index is 10.9. The number of aryl methyl sites for hydroxylation is 2. The highest BCUT2D eigenvalue weighted by Gasteiger charge is 2.05. The fraction of sp³-hybridized carbons (Fsp3) is 0.480. The second-order valence-corrected chi connectivity index (χ2v) is 13.0. The minimum atomic E-state index is -3.02. The zero-order valence-corrected chi connectivity index (χ0v) is 21.4. The van der Waals surface area contributed by atoms with Crippen molar-refractivity contribution in [2.45, 2.75) is 67.2 Å². The molecule has 0 fully saturated rings. The summed E-state index contributed by atoms with van der Waals surface area (Å²) in [6.07, 6.45) is 3.04. The van der Waals surface area contributed by atoms with Gasteiger partial charge in [0.1, 0.15) is 17.5 Å². The number of aldehydes is 1. The second kappa shape index (κ2) is 21.3. The third kappa shape index (κ3) is 26.4. The highest BCUT2D eigenvalue weighted by molar-refractivity contribution is 7.91. The van der Waals surface area contributed by atoms with E-state index in [1.54, 1.807) is 55.5 Å². The summed E-state index contributed by atoms with van der Waals surface area (Å²) in [5.74, 6) is 0.243. The Morgan fingerprint density at radius 2 is 0.829 bits per heavy atom. The van der Waals surface area contributed by atoms with Crippen LogP contribution >= 0.6 is 0 Å². The fourth-order valence-electron chi connectivity index (χ4n) is 1.57. The molecular weight excluding hydrogens is 508 g/mol. The van der Waals surface area contributed by atoms with Crippen molar-refractivity contribution >= 4 is 35.8 Å². The number of sulfone groups is 3. The van der Waals surface area contributed by atoms with E-state index in [0.717, 1.165) is 11.1 Å². The largest absolute Gasteiger partial charge is 0.304 e. The van der Waals surface area contributed by atoms with Gasteiger partial charge in [0.25, 0.3) is 0 Å². The second-order valence-electron chi connectivity index (χ2n) is 6.59. The van der Waals surface area contributed by atoms with Gasteiger partial charge in [-0.15, -0.1) is 0 Å². The zero-order valence-electron chi connectivity index (χ0n) is 19.9. The number of hydrogen-bond acceptors (Lipinski definition) is 7. The van der Waals surface area contributed by atoms with Crippen LogP contribution in [0.5, 0.6) is 0 Å². The Bertz CT molecular complexity index is 1080. The Kier molecular flexibility index (Phi) is 26.2. The van der Waals surface area contributed by atoms with Crippen molar-refractivity contribution in [1.29, 1.82) is 0 Å². The molecule has 2 aromatic rings. The number of benzene rings is 2. The predicted octanol–water partition coefficient (Wildman–Crippen LogP) is 5.60. The molecule has 0 atom stereocenters. The van der Waals surface area contributed by atoms with Gasteiger partial charge >= 0.3 is 0 Å². The average molecular weight is 558 g/mol. The normalized spacial score (nSPS) is 9.97. The van der Waals surface area contributed by atoms with Crippen LogP contribution in [-0.2, 0) is 34.3 Å². The maximum atomic E-state index is 10.9. The quantitative estimate of drug-likeness (QED) is 0.451. The smallest absolute Gasteiger partial charge is 0.175 e. The number of rotatable bonds is 3. The Labute approximate surface area is 218 Å². The molecule has 0 aromatic heterocycles. The van der Waals surface area contributed by atoms with Crippen LogP contribution in [0.15, 0.2) is 58.3 Å². The average Bonchev–Trinajstić information content (AvgIpc) is 2.61. The zero-order chi connectivity index (χ0) is 25.8. The number of hydrogen-bond donors (Lipinski definition) is 0. The van der Waals surface area contributed by atoms with E-state index in [2.05, 4.69) is 0 Å². The summed E-state index contributed by atoms with van der Waals surface area (Å²) in [7, 11) is -8.70. The van der Waals surface area contributed by atoms with Crippen molar-refractivity contribution in [3.05, 3.63) is 59.7 Å². The first kappa shape index (κ1) is 43.1. The molecular formula is C25H48O7S3. The van der Waals surface area contributed by atoms with Gasteiger partial charge in [-0.3, -0.25) is 0 Å². The lowest BCUT2D eigenvalue weighted by molar-refractivity contribution is -0.106. The van der Waals surface area contributed by atoms with Crippen molar-refractivity contribution in [1.82, 2.24) is 0 Å². The molecule has 0 saturated heterocycles. The summed E-state index contributed by atoms with van der Waals surface area (Å²) in [5.41, 5.74) is 2.13. The van der Waals surface area contributed by atoms with E-state index in [9.17, 15) is 25.3 Å². The van der Waals surface area contributed by atoms with Gasteiger partial charge in [-0.05, 0) is 45.0 Å². The lowest BCUT2D eigenvalue weighted by atomic mass is 10.2. The molecule has 35 heavy (non-hydrogen) atoms. The third-order valence-corrected chi connectivity index (χ3v) is 6.73. The van der Waals surface area contributed by atoms with Gasteiger partial charge in [-0.1, -0.05) is 72.0 Å². The molecule has 0 aliphatic rings. The van der Waals surface area contributed by atoms with Crippen LogP contribution in [0.4, 0.5) is 0 Å². The highest BCUT2D eigenvalue weighted by Crippen LogP contribution is 2.09. The molecule has 0 spiro atoms. The van der Waals surface area contributed by atoms with E-state index >= 15 is 0 Å². The molecule has 0 radical (unpaired) electrons. The Morgan fingerprint density at radius 3 is 0.943 bits per heavy atom. The molecule has 0 amide bonds. The fourth-order valence-corrected chi connectivity index (χ4v) is 2.83. The van der Waals surface area contributed by atoms with Crippen LogP contribution in [0.2, 0.25) is 0 Å². The van der Waals surface area contributed by atoms with Gasteiger partial charge in [0.15, 0.2) is 19.7 Å². The van der Waals surface area contributed by atoms with Crippen molar-refractivity contribution in [2.75, 3.05) is 24.5 Å². The molecule has 7 nitrogen and oxygen atoms in total. The van der Waals surface area contributed by atoms with Crippen LogP contribution in [0.25, 0.3) is 0 Å². The number of carbonyl (C=O) groups is 1. The van der Waals surface area contributed by atoms with Crippen molar-refractivity contribution in [3.63, 3.8) is 0 Å². The van der Waals surface area contributed by atoms with Crippen LogP contribution < -0.4 is 0 Å². The molecule has 0 unspecified atom stereocenters. The van der Waals surface area contributed by atoms with E-state index in [1.807, 2.05) is 13.8 Å². The standard InChI is InChI=1S/2C8H10O2S.C3H8O2S.C2H4O.4CH4/c2*1-7-3-5-8(6-4-7)11(2,9)10;1-3-6(2,4)5;1-2-3;;;;/h2*3-6H,1-2H3;3H2,1-2H3;2H,1H3;4*1H4/i;;;2D;;;;. The van der Waals surface area contributed by atoms with E-state index in [4.69, 9.17) is 6.17 Å². The molecule has 208 valence electrons. The topological polar surface area (TPSA) is 119 Å². The molecule has 0 saturated carbocycles. The lowest BCUT2D eigenvalue weighted by Crippen LogP contribution is -1.96. The van der Waals surface area contributed by atoms with E-state index in [-0.39, 0.29) is 35.5 Å². The van der Waals surface area contributed by atoms with Crippen molar-refractivity contribution in [2.24, 2.45) is 0 Å². The minimum Gasteiger partial charge on any atom is -0.304 e. The van der Waals surface area contributed by atoms with E-state index in [1.165, 1.54) is 25.7 Å². The summed E-state index contributed by atoms with van der Waals surface area (Å²) in [5, 5.41) is 0. The van der Waals surface area contributed by atoms with Crippen LogP contribution in [0, 0.1) is 13.8 Å². The first-order chi connectivity index (χ1) is 14.3. The molecule has 0 N–H and O–H groups in total.